The van der Waals surface area contributed by atoms with Crippen LogP contribution in [0, 0.1) is 0 Å². The highest BCUT2D eigenvalue weighted by Gasteiger charge is 2.17. The zero-order valence-electron chi connectivity index (χ0n) is 10.5. The first-order chi connectivity index (χ1) is 9.60. The summed E-state index contributed by atoms with van der Waals surface area (Å²) in [4.78, 5) is 12.1. The minimum absolute atomic E-state index is 0.0644. The van der Waals surface area contributed by atoms with Gasteiger partial charge in [-0.15, -0.1) is 0 Å². The van der Waals surface area contributed by atoms with Gasteiger partial charge in [0.2, 0.25) is 11.9 Å². The molecule has 0 radical (unpaired) electrons. The Morgan fingerprint density at radius 3 is 2.65 bits per heavy atom. The quantitative estimate of drug-likeness (QED) is 0.694. The molecule has 2 aromatic rings. The van der Waals surface area contributed by atoms with Gasteiger partial charge < -0.3 is 15.7 Å². The van der Waals surface area contributed by atoms with Crippen LogP contribution in [0.25, 0.3) is 5.95 Å². The lowest BCUT2D eigenvalue weighted by molar-refractivity contribution is 0.00376. The molecule has 0 aromatic carbocycles. The summed E-state index contributed by atoms with van der Waals surface area (Å²) in [5, 5.41) is 18.3. The van der Waals surface area contributed by atoms with Gasteiger partial charge in [0.1, 0.15) is 6.10 Å². The number of anilines is 2. The van der Waals surface area contributed by atoms with Gasteiger partial charge in [-0.1, -0.05) is 0 Å². The van der Waals surface area contributed by atoms with Crippen molar-refractivity contribution < 1.29 is 13.9 Å². The maximum absolute atomic E-state index is 12.2. The number of hydrogen-bond donors (Lipinski definition) is 3. The molecule has 1 unspecified atom stereocenters. The lowest BCUT2D eigenvalue weighted by Crippen LogP contribution is -2.27. The van der Waals surface area contributed by atoms with Crippen molar-refractivity contribution in [1.29, 1.82) is 0 Å². The molecule has 2 rings (SSSR count). The molecular formula is C10H13F2N7O. The monoisotopic (exact) mass is 285 g/mol. The van der Waals surface area contributed by atoms with E-state index >= 15 is 0 Å². The van der Waals surface area contributed by atoms with E-state index in [0.717, 1.165) is 0 Å². The first kappa shape index (κ1) is 14.1. The summed E-state index contributed by atoms with van der Waals surface area (Å²) in [5.74, 6) is 0.539. The predicted molar refractivity (Wildman–Crippen MR) is 67.0 cm³/mol. The van der Waals surface area contributed by atoms with E-state index in [0.29, 0.717) is 0 Å². The minimum atomic E-state index is -2.83. The Kier molecular flexibility index (Phi) is 4.35. The zero-order valence-corrected chi connectivity index (χ0v) is 10.5. The van der Waals surface area contributed by atoms with E-state index < -0.39 is 12.5 Å². The normalized spacial score (nSPS) is 12.4. The Labute approximate surface area is 112 Å². The van der Waals surface area contributed by atoms with Crippen molar-refractivity contribution in [2.24, 2.45) is 0 Å². The van der Waals surface area contributed by atoms with Crippen LogP contribution in [-0.4, -0.2) is 56.0 Å². The summed E-state index contributed by atoms with van der Waals surface area (Å²) in [5.41, 5.74) is 0. The van der Waals surface area contributed by atoms with E-state index in [2.05, 4.69) is 30.7 Å². The molecule has 1 atom stereocenters. The number of alkyl halides is 2. The largest absolute Gasteiger partial charge is 0.385 e. The van der Waals surface area contributed by atoms with Gasteiger partial charge >= 0.3 is 0 Å². The van der Waals surface area contributed by atoms with E-state index in [1.54, 1.807) is 25.5 Å². The molecule has 0 spiro atoms. The van der Waals surface area contributed by atoms with Crippen LogP contribution in [0.1, 0.15) is 0 Å². The highest BCUT2D eigenvalue weighted by Crippen LogP contribution is 2.09. The number of nitrogens with one attached hydrogen (secondary N) is 2. The second-order valence-corrected chi connectivity index (χ2v) is 3.77. The van der Waals surface area contributed by atoms with Crippen molar-refractivity contribution in [1.82, 2.24) is 24.7 Å². The summed E-state index contributed by atoms with van der Waals surface area (Å²) in [7, 11) is 1.61. The summed E-state index contributed by atoms with van der Waals surface area (Å²) in [6.45, 7) is -0.372. The molecular weight excluding hydrogens is 272 g/mol. The predicted octanol–water partition coefficient (Wildman–Crippen LogP) is 0.137. The van der Waals surface area contributed by atoms with E-state index in [4.69, 9.17) is 5.11 Å². The third-order valence-electron chi connectivity index (χ3n) is 2.32. The number of hydrogen-bond acceptors (Lipinski definition) is 7. The molecule has 0 aliphatic carbocycles. The fourth-order valence-electron chi connectivity index (χ4n) is 1.33. The molecule has 0 amide bonds. The second kappa shape index (κ2) is 6.19. The fourth-order valence-corrected chi connectivity index (χ4v) is 1.33. The molecule has 2 heterocycles. The summed E-state index contributed by atoms with van der Waals surface area (Å²) < 4.78 is 25.8. The molecule has 20 heavy (non-hydrogen) atoms. The van der Waals surface area contributed by atoms with Crippen molar-refractivity contribution in [3.05, 3.63) is 18.5 Å². The summed E-state index contributed by atoms with van der Waals surface area (Å²) in [6.07, 6.45) is -1.44. The molecule has 0 fully saturated rings. The molecule has 3 N–H and O–H groups in total. The number of rotatable bonds is 6. The van der Waals surface area contributed by atoms with E-state index in [1.165, 1.54) is 4.68 Å². The first-order valence-corrected chi connectivity index (χ1v) is 5.74. The average molecular weight is 285 g/mol. The van der Waals surface area contributed by atoms with Gasteiger partial charge in [-0.25, -0.2) is 13.5 Å². The van der Waals surface area contributed by atoms with Gasteiger partial charge in [0.25, 0.3) is 12.4 Å². The Balaban J connectivity index is 2.18. The van der Waals surface area contributed by atoms with E-state index in [9.17, 15) is 8.78 Å². The Morgan fingerprint density at radius 2 is 2.05 bits per heavy atom. The highest BCUT2D eigenvalue weighted by molar-refractivity contribution is 5.37. The maximum atomic E-state index is 12.2. The van der Waals surface area contributed by atoms with Gasteiger partial charge in [-0.3, -0.25) is 0 Å². The van der Waals surface area contributed by atoms with Gasteiger partial charge in [-0.05, 0) is 6.07 Å². The Morgan fingerprint density at radius 1 is 1.30 bits per heavy atom. The molecule has 0 aliphatic rings. The third kappa shape index (κ3) is 3.35. The van der Waals surface area contributed by atoms with Crippen LogP contribution in [0.4, 0.5) is 20.7 Å². The lowest BCUT2D eigenvalue weighted by atomic mass is 10.4. The van der Waals surface area contributed by atoms with Crippen molar-refractivity contribution in [3.8, 4) is 5.95 Å². The topological polar surface area (TPSA) is 101 Å². The summed E-state index contributed by atoms with van der Waals surface area (Å²) >= 11 is 0. The van der Waals surface area contributed by atoms with Gasteiger partial charge in [-0.2, -0.15) is 20.1 Å². The van der Waals surface area contributed by atoms with Crippen LogP contribution < -0.4 is 10.6 Å². The Hall–Kier alpha value is -2.36. The van der Waals surface area contributed by atoms with Gasteiger partial charge in [0.15, 0.2) is 0 Å². The lowest BCUT2D eigenvalue weighted by Gasteiger charge is -2.11. The minimum Gasteiger partial charge on any atom is -0.385 e. The number of aliphatic hydroxyl groups excluding tert-OH is 1. The van der Waals surface area contributed by atoms with Gasteiger partial charge in [0, 0.05) is 26.0 Å². The van der Waals surface area contributed by atoms with Crippen LogP contribution in [0.15, 0.2) is 18.5 Å². The molecule has 108 valence electrons. The van der Waals surface area contributed by atoms with E-state index in [1.807, 2.05) is 0 Å². The molecule has 0 saturated heterocycles. The fraction of sp³-hybridized carbons (Fsp3) is 0.400. The molecule has 10 heteroatoms. The Bertz CT molecular complexity index is 549. The molecule has 2 aromatic heterocycles. The number of nitrogens with zero attached hydrogens (tertiary/aromatic N) is 5. The van der Waals surface area contributed by atoms with Gasteiger partial charge in [0.05, 0.1) is 0 Å². The maximum Gasteiger partial charge on any atom is 0.265 e. The van der Waals surface area contributed by atoms with Crippen molar-refractivity contribution in [3.63, 3.8) is 0 Å². The van der Waals surface area contributed by atoms with Crippen LogP contribution in [0.2, 0.25) is 0 Å². The molecule has 0 saturated carbocycles. The standard InChI is InChI=1S/C10H13F2N7O/c1-13-8-16-9(14-5-6(20)7(11)12)18-10(17-8)19-4-2-3-15-19/h2-4,6-7,20H,5H2,1H3,(H2,13,14,16,17,18). The van der Waals surface area contributed by atoms with Crippen molar-refractivity contribution in [2.75, 3.05) is 24.2 Å². The summed E-state index contributed by atoms with van der Waals surface area (Å²) in [6, 6.07) is 1.69. The molecule has 8 nitrogen and oxygen atoms in total. The van der Waals surface area contributed by atoms with Crippen LogP contribution in [0.3, 0.4) is 0 Å². The number of aliphatic hydroxyl groups is 1. The van der Waals surface area contributed by atoms with Crippen LogP contribution >= 0.6 is 0 Å². The molecule has 0 aliphatic heterocycles. The number of aromatic nitrogens is 5. The smallest absolute Gasteiger partial charge is 0.265 e. The highest BCUT2D eigenvalue weighted by atomic mass is 19.3. The average Bonchev–Trinajstić information content (AvgIpc) is 2.98. The van der Waals surface area contributed by atoms with Crippen LogP contribution in [0.5, 0.6) is 0 Å². The van der Waals surface area contributed by atoms with Crippen molar-refractivity contribution >= 4 is 11.9 Å². The zero-order chi connectivity index (χ0) is 14.5. The number of halogens is 2. The SMILES string of the molecule is CNc1nc(NCC(O)C(F)F)nc(-n2cccn2)n1. The second-order valence-electron chi connectivity index (χ2n) is 3.77. The van der Waals surface area contributed by atoms with E-state index in [-0.39, 0.29) is 24.4 Å². The molecule has 0 bridgehead atoms. The van der Waals surface area contributed by atoms with Crippen molar-refractivity contribution in [2.45, 2.75) is 12.5 Å². The van der Waals surface area contributed by atoms with Crippen LogP contribution in [-0.2, 0) is 0 Å². The third-order valence-corrected chi connectivity index (χ3v) is 2.32. The first-order valence-electron chi connectivity index (χ1n) is 5.74.